The van der Waals surface area contributed by atoms with E-state index in [1.165, 1.54) is 14.2 Å². The van der Waals surface area contributed by atoms with Crippen LogP contribution in [0.1, 0.15) is 33.6 Å². The molecule has 1 unspecified atom stereocenters. The minimum Gasteiger partial charge on any atom is -0.480 e. The first-order valence-electron chi connectivity index (χ1n) is 6.47. The third-order valence-corrected chi connectivity index (χ3v) is 3.60. The summed E-state index contributed by atoms with van der Waals surface area (Å²) in [7, 11) is 2.95. The van der Waals surface area contributed by atoms with E-state index in [9.17, 15) is 14.7 Å². The Bertz CT molecular complexity index is 343. The van der Waals surface area contributed by atoms with E-state index < -0.39 is 29.5 Å². The maximum Gasteiger partial charge on any atom is 0.408 e. The molecule has 0 aromatic carbocycles. The molecular weight excluding hydrogens is 346 g/mol. The second kappa shape index (κ2) is 8.55. The standard InChI is InChI=1S/C13H24BrNO6/c1-12(2,3)21-11(18)15-9(10(16)17)6-7-13(8-14,19-4)20-5/h9H,6-8H2,1-5H3,(H,15,18)(H,16,17). The molecule has 0 heterocycles. The molecule has 124 valence electrons. The van der Waals surface area contributed by atoms with Gasteiger partial charge in [-0.2, -0.15) is 0 Å². The zero-order valence-corrected chi connectivity index (χ0v) is 14.7. The van der Waals surface area contributed by atoms with Crippen LogP contribution in [-0.2, 0) is 19.0 Å². The van der Waals surface area contributed by atoms with E-state index in [0.717, 1.165) is 0 Å². The predicted molar refractivity (Wildman–Crippen MR) is 80.6 cm³/mol. The van der Waals surface area contributed by atoms with Gasteiger partial charge in [-0.3, -0.25) is 0 Å². The van der Waals surface area contributed by atoms with Crippen LogP contribution in [-0.4, -0.2) is 54.1 Å². The zero-order chi connectivity index (χ0) is 16.7. The number of ether oxygens (including phenoxy) is 3. The van der Waals surface area contributed by atoms with Gasteiger partial charge < -0.3 is 24.6 Å². The van der Waals surface area contributed by atoms with Gasteiger partial charge in [0.15, 0.2) is 5.79 Å². The summed E-state index contributed by atoms with van der Waals surface area (Å²) in [4.78, 5) is 22.9. The second-order valence-corrected chi connectivity index (χ2v) is 6.09. The number of halogens is 1. The first-order valence-corrected chi connectivity index (χ1v) is 7.60. The third kappa shape index (κ3) is 7.63. The highest BCUT2D eigenvalue weighted by Gasteiger charge is 2.32. The number of carbonyl (C=O) groups is 2. The average molecular weight is 370 g/mol. The first-order chi connectivity index (χ1) is 9.59. The van der Waals surface area contributed by atoms with Crippen molar-refractivity contribution >= 4 is 28.0 Å². The summed E-state index contributed by atoms with van der Waals surface area (Å²) >= 11 is 3.26. The molecular formula is C13H24BrNO6. The molecule has 0 aromatic rings. The molecule has 0 aliphatic heterocycles. The number of nitrogens with one attached hydrogen (secondary N) is 1. The molecule has 0 aromatic heterocycles. The van der Waals surface area contributed by atoms with E-state index in [2.05, 4.69) is 21.2 Å². The lowest BCUT2D eigenvalue weighted by molar-refractivity contribution is -0.194. The second-order valence-electron chi connectivity index (χ2n) is 5.53. The van der Waals surface area contributed by atoms with Crippen molar-refractivity contribution in [3.63, 3.8) is 0 Å². The number of carboxylic acids is 1. The van der Waals surface area contributed by atoms with Crippen molar-refractivity contribution in [2.24, 2.45) is 0 Å². The molecule has 0 rings (SSSR count). The molecule has 0 radical (unpaired) electrons. The largest absolute Gasteiger partial charge is 0.480 e. The van der Waals surface area contributed by atoms with Gasteiger partial charge in [-0.1, -0.05) is 15.9 Å². The van der Waals surface area contributed by atoms with Crippen molar-refractivity contribution in [3.8, 4) is 0 Å². The van der Waals surface area contributed by atoms with E-state index in [0.29, 0.717) is 5.33 Å². The van der Waals surface area contributed by atoms with Gasteiger partial charge in [-0.05, 0) is 27.2 Å². The van der Waals surface area contributed by atoms with Crippen molar-refractivity contribution in [1.29, 1.82) is 0 Å². The van der Waals surface area contributed by atoms with E-state index >= 15 is 0 Å². The monoisotopic (exact) mass is 369 g/mol. The molecule has 0 aliphatic carbocycles. The summed E-state index contributed by atoms with van der Waals surface area (Å²) in [5.74, 6) is -2.07. The Kier molecular flexibility index (Phi) is 8.20. The molecule has 8 heteroatoms. The normalized spacial score (nSPS) is 13.6. The Hall–Kier alpha value is -0.860. The quantitative estimate of drug-likeness (QED) is 0.502. The Morgan fingerprint density at radius 2 is 1.76 bits per heavy atom. The molecule has 21 heavy (non-hydrogen) atoms. The fourth-order valence-electron chi connectivity index (χ4n) is 1.53. The molecule has 0 saturated heterocycles. The topological polar surface area (TPSA) is 94.1 Å². The van der Waals surface area contributed by atoms with Crippen molar-refractivity contribution in [2.45, 2.75) is 51.0 Å². The van der Waals surface area contributed by atoms with Crippen LogP contribution in [0.15, 0.2) is 0 Å². The molecule has 0 spiro atoms. The van der Waals surface area contributed by atoms with E-state index in [1.54, 1.807) is 20.8 Å². The van der Waals surface area contributed by atoms with Crippen LogP contribution in [0.3, 0.4) is 0 Å². The molecule has 1 atom stereocenters. The van der Waals surface area contributed by atoms with Crippen LogP contribution < -0.4 is 5.32 Å². The number of alkyl carbamates (subject to hydrolysis) is 1. The summed E-state index contributed by atoms with van der Waals surface area (Å²) in [6, 6.07) is -1.08. The Balaban J connectivity index is 4.65. The van der Waals surface area contributed by atoms with Crippen LogP contribution >= 0.6 is 15.9 Å². The number of hydrogen-bond donors (Lipinski definition) is 2. The fraction of sp³-hybridized carbons (Fsp3) is 0.846. The van der Waals surface area contributed by atoms with Gasteiger partial charge in [0.2, 0.25) is 0 Å². The van der Waals surface area contributed by atoms with E-state index in [4.69, 9.17) is 14.2 Å². The molecule has 7 nitrogen and oxygen atoms in total. The SMILES string of the molecule is COC(CBr)(CCC(NC(=O)OC(C)(C)C)C(=O)O)OC. The molecule has 0 fully saturated rings. The number of alkyl halides is 1. The van der Waals surface area contributed by atoms with Crippen molar-refractivity contribution in [2.75, 3.05) is 19.5 Å². The number of methoxy groups -OCH3 is 2. The van der Waals surface area contributed by atoms with Gasteiger partial charge in [0.25, 0.3) is 0 Å². The van der Waals surface area contributed by atoms with Crippen LogP contribution in [0.5, 0.6) is 0 Å². The van der Waals surface area contributed by atoms with Gasteiger partial charge in [0, 0.05) is 20.6 Å². The molecule has 2 N–H and O–H groups in total. The highest BCUT2D eigenvalue weighted by molar-refractivity contribution is 9.09. The molecule has 0 saturated carbocycles. The summed E-state index contributed by atoms with van der Waals surface area (Å²) in [6.45, 7) is 5.11. The number of carbonyl (C=O) groups excluding carboxylic acids is 1. The molecule has 0 aliphatic rings. The maximum atomic E-state index is 11.6. The highest BCUT2D eigenvalue weighted by Crippen LogP contribution is 2.22. The van der Waals surface area contributed by atoms with Crippen molar-refractivity contribution in [3.05, 3.63) is 0 Å². The number of hydrogen-bond acceptors (Lipinski definition) is 5. The zero-order valence-electron chi connectivity index (χ0n) is 13.1. The van der Waals surface area contributed by atoms with Gasteiger partial charge in [0.05, 0.1) is 5.33 Å². The number of amides is 1. The lowest BCUT2D eigenvalue weighted by atomic mass is 10.1. The van der Waals surface area contributed by atoms with Gasteiger partial charge in [0.1, 0.15) is 11.6 Å². The predicted octanol–water partition coefficient (Wildman–Crippen LogP) is 2.13. The summed E-state index contributed by atoms with van der Waals surface area (Å²) in [5, 5.41) is 11.9. The first kappa shape index (κ1) is 20.1. The summed E-state index contributed by atoms with van der Waals surface area (Å²) < 4.78 is 15.5. The Morgan fingerprint density at radius 3 is 2.10 bits per heavy atom. The van der Waals surface area contributed by atoms with Gasteiger partial charge in [-0.25, -0.2) is 9.59 Å². The van der Waals surface area contributed by atoms with Crippen molar-refractivity contribution < 1.29 is 28.9 Å². The Morgan fingerprint density at radius 1 is 1.24 bits per heavy atom. The fourth-order valence-corrected chi connectivity index (χ4v) is 2.27. The average Bonchev–Trinajstić information content (AvgIpc) is 2.37. The maximum absolute atomic E-state index is 11.6. The van der Waals surface area contributed by atoms with Crippen LogP contribution in [0.4, 0.5) is 4.79 Å². The van der Waals surface area contributed by atoms with Crippen LogP contribution in [0.25, 0.3) is 0 Å². The van der Waals surface area contributed by atoms with Gasteiger partial charge in [-0.15, -0.1) is 0 Å². The van der Waals surface area contributed by atoms with E-state index in [-0.39, 0.29) is 12.8 Å². The highest BCUT2D eigenvalue weighted by atomic mass is 79.9. The molecule has 1 amide bonds. The summed E-state index contributed by atoms with van der Waals surface area (Å²) in [5.41, 5.74) is -0.689. The van der Waals surface area contributed by atoms with Gasteiger partial charge >= 0.3 is 12.1 Å². The lowest BCUT2D eigenvalue weighted by Gasteiger charge is -2.30. The minimum atomic E-state index is -1.14. The van der Waals surface area contributed by atoms with Crippen molar-refractivity contribution in [1.82, 2.24) is 5.32 Å². The smallest absolute Gasteiger partial charge is 0.408 e. The van der Waals surface area contributed by atoms with E-state index in [1.807, 2.05) is 0 Å². The number of carboxylic acid groups (broad SMARTS) is 1. The molecule has 0 bridgehead atoms. The lowest BCUT2D eigenvalue weighted by Crippen LogP contribution is -2.45. The minimum absolute atomic E-state index is 0.141. The Labute approximate surface area is 133 Å². The summed E-state index contributed by atoms with van der Waals surface area (Å²) in [6.07, 6.45) is -0.339. The third-order valence-electron chi connectivity index (χ3n) is 2.75. The van der Waals surface area contributed by atoms with Crippen LogP contribution in [0, 0.1) is 0 Å². The number of aliphatic carboxylic acids is 1. The number of rotatable bonds is 8. The van der Waals surface area contributed by atoms with Crippen LogP contribution in [0.2, 0.25) is 0 Å².